The van der Waals surface area contributed by atoms with Crippen LogP contribution in [0.3, 0.4) is 0 Å². The van der Waals surface area contributed by atoms with Gasteiger partial charge in [0, 0.05) is 31.5 Å². The molecule has 2 heterocycles. The molecule has 0 saturated heterocycles. The Balaban J connectivity index is 1.52. The van der Waals surface area contributed by atoms with Gasteiger partial charge in [0.2, 0.25) is 11.7 Å². The summed E-state index contributed by atoms with van der Waals surface area (Å²) < 4.78 is 66.9. The number of amides is 1. The van der Waals surface area contributed by atoms with E-state index in [2.05, 4.69) is 10.2 Å². The average Bonchev–Trinajstić information content (AvgIpc) is 3.20. The molecule has 1 amide bonds. The number of hydrogen-bond donors (Lipinski definition) is 1. The van der Waals surface area contributed by atoms with Gasteiger partial charge in [-0.3, -0.25) is 4.79 Å². The molecule has 1 aliphatic heterocycles. The van der Waals surface area contributed by atoms with Gasteiger partial charge in [0.1, 0.15) is 11.6 Å². The van der Waals surface area contributed by atoms with Crippen LogP contribution >= 0.6 is 0 Å². The quantitative estimate of drug-likeness (QED) is 0.586. The van der Waals surface area contributed by atoms with Crippen molar-refractivity contribution < 1.29 is 26.7 Å². The third kappa shape index (κ3) is 4.87. The fourth-order valence-electron chi connectivity index (χ4n) is 4.06. The Hall–Kier alpha value is -3.34. The van der Waals surface area contributed by atoms with E-state index in [-0.39, 0.29) is 37.8 Å². The zero-order valence-corrected chi connectivity index (χ0v) is 17.3. The molecule has 1 aliphatic rings. The molecule has 0 spiro atoms. The highest BCUT2D eigenvalue weighted by Gasteiger charge is 2.40. The highest BCUT2D eigenvalue weighted by Crippen LogP contribution is 2.31. The highest BCUT2D eigenvalue weighted by molar-refractivity contribution is 5.77. The van der Waals surface area contributed by atoms with Crippen molar-refractivity contribution in [1.82, 2.24) is 19.7 Å². The van der Waals surface area contributed by atoms with Crippen molar-refractivity contribution in [3.05, 3.63) is 82.9 Å². The van der Waals surface area contributed by atoms with E-state index in [0.717, 1.165) is 4.57 Å². The summed E-state index contributed by atoms with van der Waals surface area (Å²) in [7, 11) is 0. The second kappa shape index (κ2) is 8.89. The molecule has 33 heavy (non-hydrogen) atoms. The van der Waals surface area contributed by atoms with Crippen LogP contribution in [0, 0.1) is 11.6 Å². The molecule has 0 aliphatic carbocycles. The number of carbonyl (C=O) groups excluding carboxylic acids is 1. The lowest BCUT2D eigenvalue weighted by Gasteiger charge is -2.31. The van der Waals surface area contributed by atoms with Gasteiger partial charge in [0.05, 0.1) is 6.54 Å². The number of aromatic nitrogens is 3. The summed E-state index contributed by atoms with van der Waals surface area (Å²) in [5, 5.41) is 6.79. The van der Waals surface area contributed by atoms with E-state index in [1.807, 2.05) is 0 Å². The average molecular weight is 465 g/mol. The zero-order chi connectivity index (χ0) is 23.8. The van der Waals surface area contributed by atoms with Crippen molar-refractivity contribution in [2.45, 2.75) is 37.6 Å². The van der Waals surface area contributed by atoms with Crippen molar-refractivity contribution in [2.75, 3.05) is 6.54 Å². The van der Waals surface area contributed by atoms with Gasteiger partial charge in [-0.15, -0.1) is 10.2 Å². The Labute approximate surface area is 185 Å². The first-order valence-electron chi connectivity index (χ1n) is 10.2. The lowest BCUT2D eigenvalue weighted by Crippen LogP contribution is -2.43. The first-order chi connectivity index (χ1) is 15.6. The Morgan fingerprint density at radius 2 is 1.48 bits per heavy atom. The van der Waals surface area contributed by atoms with Crippen LogP contribution in [0.1, 0.15) is 35.1 Å². The molecule has 1 aromatic heterocycles. The van der Waals surface area contributed by atoms with Gasteiger partial charge >= 0.3 is 6.18 Å². The Morgan fingerprint density at radius 3 is 2.00 bits per heavy atom. The normalized spacial score (nSPS) is 14.9. The predicted molar refractivity (Wildman–Crippen MR) is 108 cm³/mol. The third-order valence-corrected chi connectivity index (χ3v) is 5.66. The molecule has 0 fully saturated rings. The molecule has 0 bridgehead atoms. The number of nitrogens with zero attached hydrogens (tertiary/aromatic N) is 4. The van der Waals surface area contributed by atoms with E-state index >= 15 is 0 Å². The molecule has 0 radical (unpaired) electrons. The van der Waals surface area contributed by atoms with Crippen LogP contribution < -0.4 is 5.73 Å². The van der Waals surface area contributed by atoms with E-state index < -0.39 is 35.6 Å². The second-order valence-electron chi connectivity index (χ2n) is 7.85. The summed E-state index contributed by atoms with van der Waals surface area (Å²) in [6.45, 7) is -0.151. The maximum absolute atomic E-state index is 13.4. The molecular weight excluding hydrogens is 445 g/mol. The molecular formula is C22H20F5N5O. The van der Waals surface area contributed by atoms with E-state index in [4.69, 9.17) is 5.73 Å². The van der Waals surface area contributed by atoms with Crippen LogP contribution in [0.4, 0.5) is 22.0 Å². The summed E-state index contributed by atoms with van der Waals surface area (Å²) in [6.07, 6.45) is -4.75. The number of hydrogen-bond acceptors (Lipinski definition) is 4. The Kier molecular flexibility index (Phi) is 6.15. The van der Waals surface area contributed by atoms with Crippen molar-refractivity contribution in [3.8, 4) is 0 Å². The maximum atomic E-state index is 13.4. The van der Waals surface area contributed by atoms with Crippen LogP contribution in [-0.2, 0) is 24.1 Å². The number of rotatable bonds is 5. The van der Waals surface area contributed by atoms with Crippen LogP contribution in [0.5, 0.6) is 0 Å². The van der Waals surface area contributed by atoms with E-state index in [1.54, 1.807) is 24.3 Å². The number of halogens is 5. The predicted octanol–water partition coefficient (Wildman–Crippen LogP) is 3.47. The minimum atomic E-state index is -4.63. The van der Waals surface area contributed by atoms with Gasteiger partial charge in [-0.05, 0) is 35.4 Å². The van der Waals surface area contributed by atoms with Crippen LogP contribution in [0.2, 0.25) is 0 Å². The SMILES string of the molecule is N[C@@H](CC(=O)N1CCn2c(nnc2C(F)(F)F)C1)C(c1ccc(F)cc1)c1ccc(F)cc1. The van der Waals surface area contributed by atoms with Gasteiger partial charge in [-0.1, -0.05) is 24.3 Å². The van der Waals surface area contributed by atoms with Crippen molar-refractivity contribution in [2.24, 2.45) is 5.73 Å². The highest BCUT2D eigenvalue weighted by atomic mass is 19.4. The molecule has 3 aromatic rings. The maximum Gasteiger partial charge on any atom is 0.451 e. The van der Waals surface area contributed by atoms with E-state index in [1.165, 1.54) is 29.2 Å². The molecule has 0 saturated carbocycles. The fraction of sp³-hybridized carbons (Fsp3) is 0.318. The number of carbonyl (C=O) groups is 1. The first kappa shape index (κ1) is 22.8. The molecule has 6 nitrogen and oxygen atoms in total. The fourth-order valence-corrected chi connectivity index (χ4v) is 4.06. The second-order valence-corrected chi connectivity index (χ2v) is 7.85. The summed E-state index contributed by atoms with van der Waals surface area (Å²) >= 11 is 0. The van der Waals surface area contributed by atoms with Crippen molar-refractivity contribution in [3.63, 3.8) is 0 Å². The summed E-state index contributed by atoms with van der Waals surface area (Å²) in [5.74, 6) is -2.80. The lowest BCUT2D eigenvalue weighted by molar-refractivity contribution is -0.148. The van der Waals surface area contributed by atoms with Crippen molar-refractivity contribution in [1.29, 1.82) is 0 Å². The number of fused-ring (bicyclic) bond motifs is 1. The van der Waals surface area contributed by atoms with Gasteiger partial charge in [-0.25, -0.2) is 8.78 Å². The third-order valence-electron chi connectivity index (χ3n) is 5.66. The van der Waals surface area contributed by atoms with Crippen LogP contribution in [0.25, 0.3) is 0 Å². The molecule has 11 heteroatoms. The standard InChI is InChI=1S/C22H20F5N5O/c23-15-5-1-13(2-6-15)20(14-3-7-16(24)8-4-14)17(28)11-19(33)31-9-10-32-18(12-31)29-30-21(32)22(25,26)27/h1-8,17,20H,9-12,28H2/t17-/m0/s1. The number of alkyl halides is 3. The van der Waals surface area contributed by atoms with Gasteiger partial charge in [0.15, 0.2) is 5.82 Å². The molecule has 4 rings (SSSR count). The largest absolute Gasteiger partial charge is 0.451 e. The monoisotopic (exact) mass is 465 g/mol. The Morgan fingerprint density at radius 1 is 0.939 bits per heavy atom. The number of benzene rings is 2. The van der Waals surface area contributed by atoms with Gasteiger partial charge in [0.25, 0.3) is 0 Å². The minimum absolute atomic E-state index is 0.0455. The van der Waals surface area contributed by atoms with Gasteiger partial charge < -0.3 is 15.2 Å². The van der Waals surface area contributed by atoms with Crippen LogP contribution in [0.15, 0.2) is 48.5 Å². The van der Waals surface area contributed by atoms with E-state index in [0.29, 0.717) is 11.1 Å². The molecule has 2 aromatic carbocycles. The zero-order valence-electron chi connectivity index (χ0n) is 17.3. The van der Waals surface area contributed by atoms with Crippen molar-refractivity contribution >= 4 is 5.91 Å². The molecule has 2 N–H and O–H groups in total. The smallest absolute Gasteiger partial charge is 0.333 e. The Bertz CT molecular complexity index is 1080. The topological polar surface area (TPSA) is 77.0 Å². The summed E-state index contributed by atoms with van der Waals surface area (Å²) in [5.41, 5.74) is 7.70. The summed E-state index contributed by atoms with van der Waals surface area (Å²) in [4.78, 5) is 14.3. The van der Waals surface area contributed by atoms with Gasteiger partial charge in [-0.2, -0.15) is 13.2 Å². The lowest BCUT2D eigenvalue weighted by atomic mass is 9.84. The van der Waals surface area contributed by atoms with Crippen LogP contribution in [-0.4, -0.2) is 38.2 Å². The number of nitrogens with two attached hydrogens (primary N) is 1. The molecule has 0 unspecified atom stereocenters. The molecule has 1 atom stereocenters. The summed E-state index contributed by atoms with van der Waals surface area (Å²) in [6, 6.07) is 10.5. The molecule has 174 valence electrons. The van der Waals surface area contributed by atoms with E-state index in [9.17, 15) is 26.7 Å². The first-order valence-corrected chi connectivity index (χ1v) is 10.2. The minimum Gasteiger partial charge on any atom is -0.333 e.